The van der Waals surface area contributed by atoms with E-state index >= 15 is 0 Å². The molecule has 2 aromatic rings. The molecule has 0 spiro atoms. The average Bonchev–Trinajstić information content (AvgIpc) is 2.89. The molecule has 1 aromatic carbocycles. The molecule has 0 radical (unpaired) electrons. The number of aromatic nitrogens is 2. The third-order valence-corrected chi connectivity index (χ3v) is 4.12. The summed E-state index contributed by atoms with van der Waals surface area (Å²) in [5, 5.41) is 7.88. The molecule has 6 nitrogen and oxygen atoms in total. The average molecular weight is 287 g/mol. The number of amides is 1. The second-order valence-corrected chi connectivity index (χ2v) is 5.80. The van der Waals surface area contributed by atoms with Crippen LogP contribution in [0.1, 0.15) is 24.3 Å². The van der Waals surface area contributed by atoms with E-state index in [0.29, 0.717) is 17.4 Å². The normalized spacial score (nSPS) is 16.8. The van der Waals surface area contributed by atoms with Gasteiger partial charge in [0.2, 0.25) is 0 Å². The van der Waals surface area contributed by atoms with E-state index in [1.54, 1.807) is 12.1 Å². The molecule has 21 heavy (non-hydrogen) atoms. The SMILES string of the molecule is CC(C)N1CCN(C(=O)c2n[nH]c3ccc(N)cc23)CC1. The van der Waals surface area contributed by atoms with Crippen LogP contribution < -0.4 is 5.73 Å². The van der Waals surface area contributed by atoms with Crippen LogP contribution in [0.5, 0.6) is 0 Å². The summed E-state index contributed by atoms with van der Waals surface area (Å²) < 4.78 is 0. The van der Waals surface area contributed by atoms with E-state index in [1.807, 2.05) is 11.0 Å². The van der Waals surface area contributed by atoms with E-state index in [9.17, 15) is 4.79 Å². The number of carbonyl (C=O) groups excluding carboxylic acids is 1. The molecule has 1 aromatic heterocycles. The number of nitrogen functional groups attached to an aromatic ring is 1. The fourth-order valence-electron chi connectivity index (χ4n) is 2.79. The minimum absolute atomic E-state index is 0.0183. The Bertz CT molecular complexity index is 655. The molecule has 0 aliphatic carbocycles. The lowest BCUT2D eigenvalue weighted by Gasteiger charge is -2.36. The van der Waals surface area contributed by atoms with Gasteiger partial charge in [-0.3, -0.25) is 14.8 Å². The zero-order chi connectivity index (χ0) is 15.0. The summed E-state index contributed by atoms with van der Waals surface area (Å²) in [4.78, 5) is 16.9. The number of hydrogen-bond donors (Lipinski definition) is 2. The maximum Gasteiger partial charge on any atom is 0.275 e. The summed E-state index contributed by atoms with van der Waals surface area (Å²) >= 11 is 0. The second kappa shape index (κ2) is 5.37. The molecule has 6 heteroatoms. The molecule has 3 rings (SSSR count). The lowest BCUT2D eigenvalue weighted by Crippen LogP contribution is -2.50. The molecule has 1 saturated heterocycles. The maximum absolute atomic E-state index is 12.6. The van der Waals surface area contributed by atoms with Gasteiger partial charge in [0.1, 0.15) is 0 Å². The van der Waals surface area contributed by atoms with E-state index in [1.165, 1.54) is 0 Å². The van der Waals surface area contributed by atoms with Crippen molar-refractivity contribution < 1.29 is 4.79 Å². The van der Waals surface area contributed by atoms with Gasteiger partial charge >= 0.3 is 0 Å². The smallest absolute Gasteiger partial charge is 0.275 e. The van der Waals surface area contributed by atoms with Crippen molar-refractivity contribution in [3.63, 3.8) is 0 Å². The van der Waals surface area contributed by atoms with Crippen LogP contribution in [0.4, 0.5) is 5.69 Å². The van der Waals surface area contributed by atoms with Crippen LogP contribution in [0.3, 0.4) is 0 Å². The fourth-order valence-corrected chi connectivity index (χ4v) is 2.79. The van der Waals surface area contributed by atoms with Gasteiger partial charge in [-0.15, -0.1) is 0 Å². The number of carbonyl (C=O) groups is 1. The number of hydrogen-bond acceptors (Lipinski definition) is 4. The fraction of sp³-hybridized carbons (Fsp3) is 0.467. The molecular weight excluding hydrogens is 266 g/mol. The van der Waals surface area contributed by atoms with Crippen molar-refractivity contribution in [2.24, 2.45) is 0 Å². The Labute approximate surface area is 123 Å². The number of aromatic amines is 1. The Balaban J connectivity index is 1.80. The Hall–Kier alpha value is -2.08. The van der Waals surface area contributed by atoms with Crippen LogP contribution in [0.25, 0.3) is 10.9 Å². The Morgan fingerprint density at radius 1 is 1.29 bits per heavy atom. The van der Waals surface area contributed by atoms with Crippen molar-refractivity contribution in [1.29, 1.82) is 0 Å². The summed E-state index contributed by atoms with van der Waals surface area (Å²) in [6.07, 6.45) is 0. The zero-order valence-electron chi connectivity index (χ0n) is 12.5. The molecule has 0 bridgehead atoms. The largest absolute Gasteiger partial charge is 0.399 e. The number of H-pyrrole nitrogens is 1. The number of anilines is 1. The molecule has 3 N–H and O–H groups in total. The van der Waals surface area contributed by atoms with Crippen LogP contribution in [0.15, 0.2) is 18.2 Å². The zero-order valence-corrected chi connectivity index (χ0v) is 12.5. The summed E-state index contributed by atoms with van der Waals surface area (Å²) in [5.41, 5.74) is 7.76. The molecule has 1 amide bonds. The Kier molecular flexibility index (Phi) is 3.55. The highest BCUT2D eigenvalue weighted by molar-refractivity contribution is 6.05. The predicted octanol–water partition coefficient (Wildman–Crippen LogP) is 1.31. The minimum Gasteiger partial charge on any atom is -0.399 e. The maximum atomic E-state index is 12.6. The Morgan fingerprint density at radius 3 is 2.67 bits per heavy atom. The number of rotatable bonds is 2. The highest BCUT2D eigenvalue weighted by Crippen LogP contribution is 2.21. The van der Waals surface area contributed by atoms with Crippen LogP contribution in [-0.2, 0) is 0 Å². The quantitative estimate of drug-likeness (QED) is 0.816. The van der Waals surface area contributed by atoms with Gasteiger partial charge in [-0.1, -0.05) is 0 Å². The van der Waals surface area contributed by atoms with E-state index in [0.717, 1.165) is 37.1 Å². The summed E-state index contributed by atoms with van der Waals surface area (Å²) in [6, 6.07) is 5.98. The molecule has 2 heterocycles. The van der Waals surface area contributed by atoms with Crippen LogP contribution in [0.2, 0.25) is 0 Å². The highest BCUT2D eigenvalue weighted by atomic mass is 16.2. The van der Waals surface area contributed by atoms with Crippen molar-refractivity contribution in [2.45, 2.75) is 19.9 Å². The van der Waals surface area contributed by atoms with Gasteiger partial charge in [-0.05, 0) is 32.0 Å². The number of piperazine rings is 1. The van der Waals surface area contributed by atoms with Gasteiger partial charge in [-0.25, -0.2) is 0 Å². The summed E-state index contributed by atoms with van der Waals surface area (Å²) in [7, 11) is 0. The van der Waals surface area contributed by atoms with Gasteiger partial charge in [0.25, 0.3) is 5.91 Å². The van der Waals surface area contributed by atoms with E-state index < -0.39 is 0 Å². The van der Waals surface area contributed by atoms with Crippen molar-refractivity contribution in [3.05, 3.63) is 23.9 Å². The van der Waals surface area contributed by atoms with Crippen molar-refractivity contribution in [2.75, 3.05) is 31.9 Å². The molecule has 1 fully saturated rings. The molecule has 0 unspecified atom stereocenters. The first-order valence-corrected chi connectivity index (χ1v) is 7.33. The first-order chi connectivity index (χ1) is 10.1. The molecule has 0 atom stereocenters. The van der Waals surface area contributed by atoms with Gasteiger partial charge < -0.3 is 10.6 Å². The molecular formula is C15H21N5O. The van der Waals surface area contributed by atoms with Crippen molar-refractivity contribution in [3.8, 4) is 0 Å². The standard InChI is InChI=1S/C15H21N5O/c1-10(2)19-5-7-20(8-6-19)15(21)14-12-9-11(16)3-4-13(12)17-18-14/h3-4,9-10H,5-8,16H2,1-2H3,(H,17,18). The van der Waals surface area contributed by atoms with Crippen molar-refractivity contribution >= 4 is 22.5 Å². The molecule has 1 aliphatic heterocycles. The predicted molar refractivity (Wildman–Crippen MR) is 83.1 cm³/mol. The summed E-state index contributed by atoms with van der Waals surface area (Å²) in [5.74, 6) is -0.0183. The minimum atomic E-state index is -0.0183. The van der Waals surface area contributed by atoms with Crippen LogP contribution in [0, 0.1) is 0 Å². The van der Waals surface area contributed by atoms with E-state index in [2.05, 4.69) is 28.9 Å². The topological polar surface area (TPSA) is 78.2 Å². The number of benzene rings is 1. The molecule has 1 aliphatic rings. The lowest BCUT2D eigenvalue weighted by molar-refractivity contribution is 0.0591. The first kappa shape index (κ1) is 13.9. The van der Waals surface area contributed by atoms with Crippen LogP contribution in [-0.4, -0.2) is 58.1 Å². The summed E-state index contributed by atoms with van der Waals surface area (Å²) in [6.45, 7) is 7.67. The van der Waals surface area contributed by atoms with Crippen molar-refractivity contribution in [1.82, 2.24) is 20.0 Å². The lowest BCUT2D eigenvalue weighted by atomic mass is 10.1. The molecule has 112 valence electrons. The Morgan fingerprint density at radius 2 is 2.00 bits per heavy atom. The second-order valence-electron chi connectivity index (χ2n) is 5.80. The highest BCUT2D eigenvalue weighted by Gasteiger charge is 2.25. The van der Waals surface area contributed by atoms with Gasteiger partial charge in [0.15, 0.2) is 5.69 Å². The first-order valence-electron chi connectivity index (χ1n) is 7.33. The number of nitrogens with zero attached hydrogens (tertiary/aromatic N) is 3. The number of nitrogens with one attached hydrogen (secondary N) is 1. The van der Waals surface area contributed by atoms with E-state index in [-0.39, 0.29) is 5.91 Å². The third kappa shape index (κ3) is 2.58. The third-order valence-electron chi connectivity index (χ3n) is 4.12. The van der Waals surface area contributed by atoms with Gasteiger partial charge in [-0.2, -0.15) is 5.10 Å². The molecule has 0 saturated carbocycles. The van der Waals surface area contributed by atoms with Gasteiger partial charge in [0.05, 0.1) is 5.52 Å². The monoisotopic (exact) mass is 287 g/mol. The van der Waals surface area contributed by atoms with E-state index in [4.69, 9.17) is 5.73 Å². The number of nitrogens with two attached hydrogens (primary N) is 1. The number of fused-ring (bicyclic) bond motifs is 1. The van der Waals surface area contributed by atoms with Gasteiger partial charge in [0, 0.05) is 43.3 Å². The van der Waals surface area contributed by atoms with Crippen LogP contribution >= 0.6 is 0 Å².